The van der Waals surface area contributed by atoms with Gasteiger partial charge in [0.15, 0.2) is 0 Å². The van der Waals surface area contributed by atoms with Crippen LogP contribution in [0.3, 0.4) is 0 Å². The summed E-state index contributed by atoms with van der Waals surface area (Å²) in [4.78, 5) is 38.5. The molecule has 11 heteroatoms. The second kappa shape index (κ2) is 22.6. The Labute approximate surface area is 313 Å². The van der Waals surface area contributed by atoms with Crippen molar-refractivity contribution in [1.29, 1.82) is 0 Å². The number of rotatable bonds is 16. The summed E-state index contributed by atoms with van der Waals surface area (Å²) in [5.74, 6) is 1.57. The summed E-state index contributed by atoms with van der Waals surface area (Å²) in [5.41, 5.74) is 4.22. The Hall–Kier alpha value is -4.15. The van der Waals surface area contributed by atoms with E-state index >= 15 is 0 Å². The van der Waals surface area contributed by atoms with Gasteiger partial charge in [-0.05, 0) is 92.6 Å². The molecule has 3 aromatic rings. The number of alkyl halides is 1. The van der Waals surface area contributed by atoms with Crippen molar-refractivity contribution in [2.75, 3.05) is 31.8 Å². The number of nitrogens with one attached hydrogen (secondary N) is 1. The van der Waals surface area contributed by atoms with Crippen molar-refractivity contribution >= 4 is 52.9 Å². The molecule has 0 aliphatic rings. The smallest absolute Gasteiger partial charge is 0.421 e. The summed E-state index contributed by atoms with van der Waals surface area (Å²) in [6.45, 7) is 13.5. The monoisotopic (exact) mass is 740 g/mol. The largest absolute Gasteiger partial charge is 0.492 e. The molecule has 51 heavy (non-hydrogen) atoms. The summed E-state index contributed by atoms with van der Waals surface area (Å²) in [5, 5.41) is 2.50. The number of ether oxygens (including phenoxy) is 3. The number of carbonyl (C=O) groups excluding carboxylic acids is 3. The van der Waals surface area contributed by atoms with Gasteiger partial charge in [0.2, 0.25) is 0 Å². The zero-order valence-corrected chi connectivity index (χ0v) is 32.7. The van der Waals surface area contributed by atoms with Crippen LogP contribution in [0.25, 0.3) is 11.1 Å². The minimum absolute atomic E-state index is 0.306. The zero-order chi connectivity index (χ0) is 37.8. The maximum Gasteiger partial charge on any atom is 0.421 e. The summed E-state index contributed by atoms with van der Waals surface area (Å²) >= 11 is 7.51. The molecule has 9 nitrogen and oxygen atoms in total. The van der Waals surface area contributed by atoms with Crippen LogP contribution in [0.1, 0.15) is 84.4 Å². The summed E-state index contributed by atoms with van der Waals surface area (Å²) in [7, 11) is 1.68. The Morgan fingerprint density at radius 3 is 2.02 bits per heavy atom. The molecule has 2 amide bonds. The van der Waals surface area contributed by atoms with E-state index in [9.17, 15) is 14.4 Å². The van der Waals surface area contributed by atoms with Crippen molar-refractivity contribution in [2.45, 2.75) is 79.4 Å². The van der Waals surface area contributed by atoms with Crippen LogP contribution in [0, 0.1) is 0 Å². The molecule has 0 spiro atoms. The first kappa shape index (κ1) is 43.0. The summed E-state index contributed by atoms with van der Waals surface area (Å²) < 4.78 is 22.0. The van der Waals surface area contributed by atoms with Gasteiger partial charge in [0.05, 0.1) is 18.6 Å². The maximum absolute atomic E-state index is 12.7. The molecule has 0 aromatic heterocycles. The van der Waals surface area contributed by atoms with Gasteiger partial charge in [-0.1, -0.05) is 81.8 Å². The lowest BCUT2D eigenvalue weighted by Gasteiger charge is -2.21. The van der Waals surface area contributed by atoms with Gasteiger partial charge in [-0.25, -0.2) is 14.4 Å². The highest BCUT2D eigenvalue weighted by Gasteiger charge is 2.23. The minimum Gasteiger partial charge on any atom is -0.492 e. The molecule has 1 N–H and O–H groups in total. The van der Waals surface area contributed by atoms with E-state index < -0.39 is 29.8 Å². The highest BCUT2D eigenvalue weighted by atomic mass is 35.5. The number of esters is 1. The van der Waals surface area contributed by atoms with Crippen LogP contribution < -0.4 is 14.8 Å². The molecule has 0 saturated carbocycles. The molecule has 0 unspecified atom stereocenters. The van der Waals surface area contributed by atoms with Crippen molar-refractivity contribution in [3.05, 3.63) is 95.6 Å². The molecule has 1 atom stereocenters. The van der Waals surface area contributed by atoms with Gasteiger partial charge >= 0.3 is 18.2 Å². The molecule has 0 aliphatic heterocycles. The fourth-order valence-corrected chi connectivity index (χ4v) is 5.48. The molecule has 0 aliphatic carbocycles. The number of carbonyl (C=O) groups is 3. The average Bonchev–Trinajstić information content (AvgIpc) is 3.11. The molecular formula is C40H53ClN2O7S. The second-order valence-corrected chi connectivity index (χ2v) is 13.5. The first-order valence-electron chi connectivity index (χ1n) is 17.4. The number of allylic oxidation sites excluding steroid dienone is 1. The maximum atomic E-state index is 12.7. The topological polar surface area (TPSA) is 103 Å². The van der Waals surface area contributed by atoms with Crippen molar-refractivity contribution in [3.63, 3.8) is 0 Å². The average molecular weight is 741 g/mol. The Bertz CT molecular complexity index is 1530. The molecule has 0 heterocycles. The van der Waals surface area contributed by atoms with E-state index in [1.165, 1.54) is 23.9 Å². The second-order valence-electron chi connectivity index (χ2n) is 12.3. The van der Waals surface area contributed by atoms with E-state index in [1.807, 2.05) is 68.4 Å². The third kappa shape index (κ3) is 15.3. The van der Waals surface area contributed by atoms with Crippen molar-refractivity contribution in [3.8, 4) is 11.5 Å². The van der Waals surface area contributed by atoms with Gasteiger partial charge in [0, 0.05) is 18.7 Å². The standard InChI is InChI=1S/C38H47ClN2O7S.C2H6/c1-7-8-26-49-48-37(44)41(6)24-25-45-31-18-14-29(15-19-31)34(33(22-23-39)28-12-10-9-11-13-28)30-16-20-32(21-17-30)46-35(42)27(2)40-36(43)47-38(3,4)5;1-2/h9-21,27H,7-8,22-26H2,1-6H3,(H,40,43);1-2H3/b34-33+;/t27-;/m0./s1. The lowest BCUT2D eigenvalue weighted by atomic mass is 9.88. The van der Waals surface area contributed by atoms with Gasteiger partial charge < -0.3 is 28.6 Å². The predicted octanol–water partition coefficient (Wildman–Crippen LogP) is 10.0. The van der Waals surface area contributed by atoms with Crippen molar-refractivity contribution < 1.29 is 32.8 Å². The van der Waals surface area contributed by atoms with Crippen LogP contribution in [0.4, 0.5) is 9.59 Å². The summed E-state index contributed by atoms with van der Waals surface area (Å²) in [6.07, 6.45) is 1.56. The summed E-state index contributed by atoms with van der Waals surface area (Å²) in [6, 6.07) is 24.1. The Kier molecular flexibility index (Phi) is 19.1. The third-order valence-corrected chi connectivity index (χ3v) is 7.98. The van der Waals surface area contributed by atoms with Crippen LogP contribution in [-0.2, 0) is 13.7 Å². The van der Waals surface area contributed by atoms with Crippen LogP contribution in [0.5, 0.6) is 11.5 Å². The van der Waals surface area contributed by atoms with Gasteiger partial charge in [0.1, 0.15) is 29.7 Å². The molecule has 0 saturated heterocycles. The van der Waals surface area contributed by atoms with E-state index in [1.54, 1.807) is 40.0 Å². The quantitative estimate of drug-likeness (QED) is 0.0387. The van der Waals surface area contributed by atoms with Crippen molar-refractivity contribution in [2.24, 2.45) is 0 Å². The number of likely N-dealkylation sites (N-methyl/N-ethyl adjacent to an activating group) is 1. The lowest BCUT2D eigenvalue weighted by molar-refractivity contribution is -0.136. The number of alkyl carbamates (subject to hydrolysis) is 1. The molecule has 0 bridgehead atoms. The van der Waals surface area contributed by atoms with Crippen LogP contribution in [0.15, 0.2) is 78.9 Å². The molecule has 3 rings (SSSR count). The van der Waals surface area contributed by atoms with E-state index in [-0.39, 0.29) is 0 Å². The molecule has 3 aromatic carbocycles. The highest BCUT2D eigenvalue weighted by molar-refractivity contribution is 7.95. The fraction of sp³-hybridized carbons (Fsp3) is 0.425. The Morgan fingerprint density at radius 2 is 1.47 bits per heavy atom. The van der Waals surface area contributed by atoms with Gasteiger partial charge in [-0.3, -0.25) is 0 Å². The SMILES string of the molecule is CC.CCCCSOC(=O)N(C)CCOc1ccc(/C(=C(/CCCl)c2ccccc2)c2ccc(OC(=O)[C@H](C)NC(=O)OC(C)(C)C)cc2)cc1. The van der Waals surface area contributed by atoms with Crippen molar-refractivity contribution in [1.82, 2.24) is 10.2 Å². The number of amides is 2. The predicted molar refractivity (Wildman–Crippen MR) is 208 cm³/mol. The van der Waals surface area contributed by atoms with E-state index in [2.05, 4.69) is 24.4 Å². The van der Waals surface area contributed by atoms with Gasteiger partial charge in [-0.2, -0.15) is 0 Å². The van der Waals surface area contributed by atoms with E-state index in [0.29, 0.717) is 37.0 Å². The van der Waals surface area contributed by atoms with Gasteiger partial charge in [0.25, 0.3) is 0 Å². The minimum atomic E-state index is -0.914. The molecule has 0 fully saturated rings. The number of nitrogens with zero attached hydrogens (tertiary/aromatic N) is 1. The number of halogens is 1. The first-order valence-corrected chi connectivity index (χ1v) is 18.8. The normalized spacial score (nSPS) is 11.9. The molecule has 278 valence electrons. The third-order valence-electron chi connectivity index (χ3n) is 7.08. The fourth-order valence-electron chi connectivity index (χ4n) is 4.57. The van der Waals surface area contributed by atoms with E-state index in [4.69, 9.17) is 30.0 Å². The van der Waals surface area contributed by atoms with Gasteiger partial charge in [-0.15, -0.1) is 11.6 Å². The van der Waals surface area contributed by atoms with E-state index in [0.717, 1.165) is 46.4 Å². The van der Waals surface area contributed by atoms with Crippen LogP contribution in [0.2, 0.25) is 0 Å². The Morgan fingerprint density at radius 1 is 0.882 bits per heavy atom. The molecular weight excluding hydrogens is 688 g/mol. The molecule has 0 radical (unpaired) electrons. The lowest BCUT2D eigenvalue weighted by Crippen LogP contribution is -2.43. The highest BCUT2D eigenvalue weighted by Crippen LogP contribution is 2.36. The Balaban J connectivity index is 0.00000442. The zero-order valence-electron chi connectivity index (χ0n) is 31.1. The van der Waals surface area contributed by atoms with Crippen LogP contribution in [-0.4, -0.2) is 66.5 Å². The number of hydrogen-bond acceptors (Lipinski definition) is 8. The number of benzene rings is 3. The number of hydrogen-bond donors (Lipinski definition) is 1. The first-order chi connectivity index (χ1) is 24.4. The van der Waals surface area contributed by atoms with Crippen LogP contribution >= 0.6 is 23.6 Å². The number of unbranched alkanes of at least 4 members (excludes halogenated alkanes) is 1.